The Hall–Kier alpha value is -1.61. The van der Waals surface area contributed by atoms with Gasteiger partial charge >= 0.3 is 0 Å². The molecule has 1 aromatic carbocycles. The fraction of sp³-hybridized carbons (Fsp3) is 0.471. The number of benzene rings is 1. The monoisotopic (exact) mass is 267 g/mol. The van der Waals surface area contributed by atoms with Crippen LogP contribution >= 0.6 is 0 Å². The average molecular weight is 267 g/mol. The Kier molecular flexibility index (Phi) is 2.71. The van der Waals surface area contributed by atoms with Crippen molar-refractivity contribution in [3.63, 3.8) is 0 Å². The van der Waals surface area contributed by atoms with Crippen LogP contribution in [0.1, 0.15) is 36.2 Å². The van der Waals surface area contributed by atoms with Gasteiger partial charge in [0.15, 0.2) is 0 Å². The number of aryl methyl sites for hydroxylation is 2. The van der Waals surface area contributed by atoms with Gasteiger partial charge in [0.25, 0.3) is 0 Å². The van der Waals surface area contributed by atoms with Crippen molar-refractivity contribution in [2.45, 2.75) is 37.5 Å². The molecule has 20 heavy (non-hydrogen) atoms. The number of likely N-dealkylation sites (N-methyl/N-ethyl adjacent to an activating group) is 1. The highest BCUT2D eigenvalue weighted by Crippen LogP contribution is 2.46. The molecule has 0 aliphatic heterocycles. The van der Waals surface area contributed by atoms with Crippen LogP contribution in [0.5, 0.6) is 0 Å². The minimum atomic E-state index is 0.268. The Balaban J connectivity index is 1.65. The lowest BCUT2D eigenvalue weighted by Gasteiger charge is -2.11. The molecule has 1 fully saturated rings. The highest BCUT2D eigenvalue weighted by Gasteiger charge is 2.46. The smallest absolute Gasteiger partial charge is 0.114 e. The summed E-state index contributed by atoms with van der Waals surface area (Å²) in [5.41, 5.74) is 5.77. The van der Waals surface area contributed by atoms with E-state index in [2.05, 4.69) is 33.5 Å². The van der Waals surface area contributed by atoms with Gasteiger partial charge in [-0.15, -0.1) is 0 Å². The number of aromatic nitrogens is 2. The topological polar surface area (TPSA) is 40.7 Å². The number of nitrogens with zero attached hydrogens (tertiary/aromatic N) is 1. The number of H-pyrrole nitrogens is 1. The van der Waals surface area contributed by atoms with Crippen molar-refractivity contribution in [1.82, 2.24) is 15.3 Å². The molecule has 0 unspecified atom stereocenters. The molecule has 0 amide bonds. The van der Waals surface area contributed by atoms with Crippen molar-refractivity contribution < 1.29 is 0 Å². The van der Waals surface area contributed by atoms with Crippen molar-refractivity contribution in [3.05, 3.63) is 41.3 Å². The SMILES string of the molecule is CNCC1(c2ncc(-c3ccc4c(c3)CCC4)[nH]2)CC1. The zero-order valence-corrected chi connectivity index (χ0v) is 12.0. The maximum absolute atomic E-state index is 4.64. The van der Waals surface area contributed by atoms with Gasteiger partial charge in [-0.2, -0.15) is 0 Å². The van der Waals surface area contributed by atoms with Gasteiger partial charge in [0, 0.05) is 12.0 Å². The Bertz CT molecular complexity index is 637. The van der Waals surface area contributed by atoms with Gasteiger partial charge in [0.1, 0.15) is 5.82 Å². The molecule has 1 saturated carbocycles. The number of rotatable bonds is 4. The minimum absolute atomic E-state index is 0.268. The second-order valence-electron chi connectivity index (χ2n) is 6.29. The third-order valence-electron chi connectivity index (χ3n) is 4.86. The first-order valence-electron chi connectivity index (χ1n) is 7.63. The fourth-order valence-corrected chi connectivity index (χ4v) is 3.46. The molecule has 1 heterocycles. The van der Waals surface area contributed by atoms with E-state index in [1.54, 1.807) is 0 Å². The highest BCUT2D eigenvalue weighted by atomic mass is 15.0. The second kappa shape index (κ2) is 4.45. The van der Waals surface area contributed by atoms with Crippen LogP contribution in [0.3, 0.4) is 0 Å². The maximum Gasteiger partial charge on any atom is 0.114 e. The molecule has 2 N–H and O–H groups in total. The predicted octanol–water partition coefficient (Wildman–Crippen LogP) is 2.82. The predicted molar refractivity (Wildman–Crippen MR) is 80.9 cm³/mol. The third kappa shape index (κ3) is 1.88. The quantitative estimate of drug-likeness (QED) is 0.894. The highest BCUT2D eigenvalue weighted by molar-refractivity contribution is 5.61. The summed E-state index contributed by atoms with van der Waals surface area (Å²) in [5, 5.41) is 3.29. The van der Waals surface area contributed by atoms with Crippen LogP contribution in [0.25, 0.3) is 11.3 Å². The Morgan fingerprint density at radius 3 is 2.90 bits per heavy atom. The van der Waals surface area contributed by atoms with E-state index in [9.17, 15) is 0 Å². The van der Waals surface area contributed by atoms with Gasteiger partial charge in [0.2, 0.25) is 0 Å². The van der Waals surface area contributed by atoms with E-state index < -0.39 is 0 Å². The van der Waals surface area contributed by atoms with Crippen molar-refractivity contribution in [2.75, 3.05) is 13.6 Å². The summed E-state index contributed by atoms with van der Waals surface area (Å²) < 4.78 is 0. The van der Waals surface area contributed by atoms with Crippen molar-refractivity contribution >= 4 is 0 Å². The third-order valence-corrected chi connectivity index (χ3v) is 4.86. The summed E-state index contributed by atoms with van der Waals surface area (Å²) in [6.07, 6.45) is 8.26. The summed E-state index contributed by atoms with van der Waals surface area (Å²) in [7, 11) is 2.02. The van der Waals surface area contributed by atoms with E-state index in [0.29, 0.717) is 0 Å². The van der Waals surface area contributed by atoms with Crippen LogP contribution in [-0.4, -0.2) is 23.6 Å². The number of fused-ring (bicyclic) bond motifs is 1. The summed E-state index contributed by atoms with van der Waals surface area (Å²) in [4.78, 5) is 8.20. The summed E-state index contributed by atoms with van der Waals surface area (Å²) >= 11 is 0. The molecule has 3 heteroatoms. The largest absolute Gasteiger partial charge is 0.342 e. The Morgan fingerprint density at radius 1 is 1.25 bits per heavy atom. The van der Waals surface area contributed by atoms with Gasteiger partial charge in [-0.3, -0.25) is 0 Å². The van der Waals surface area contributed by atoms with Crippen molar-refractivity contribution in [1.29, 1.82) is 0 Å². The van der Waals surface area contributed by atoms with E-state index in [-0.39, 0.29) is 5.41 Å². The lowest BCUT2D eigenvalue weighted by molar-refractivity contribution is 0.594. The van der Waals surface area contributed by atoms with Crippen LogP contribution in [0.15, 0.2) is 24.4 Å². The molecular weight excluding hydrogens is 246 g/mol. The van der Waals surface area contributed by atoms with Gasteiger partial charge in [-0.25, -0.2) is 4.98 Å². The number of nitrogens with one attached hydrogen (secondary N) is 2. The fourth-order valence-electron chi connectivity index (χ4n) is 3.46. The molecule has 2 aromatic rings. The molecule has 0 saturated heterocycles. The van der Waals surface area contributed by atoms with Gasteiger partial charge in [-0.05, 0) is 61.9 Å². The molecule has 4 rings (SSSR count). The zero-order chi connectivity index (χ0) is 13.6. The molecular formula is C17H21N3. The van der Waals surface area contributed by atoms with Crippen LogP contribution in [-0.2, 0) is 18.3 Å². The summed E-state index contributed by atoms with van der Waals surface area (Å²) in [6, 6.07) is 6.87. The summed E-state index contributed by atoms with van der Waals surface area (Å²) in [5.74, 6) is 1.15. The van der Waals surface area contributed by atoms with Gasteiger partial charge < -0.3 is 10.3 Å². The summed E-state index contributed by atoms with van der Waals surface area (Å²) in [6.45, 7) is 1.02. The van der Waals surface area contributed by atoms with Crippen LogP contribution < -0.4 is 5.32 Å². The molecule has 104 valence electrons. The van der Waals surface area contributed by atoms with Gasteiger partial charge in [-0.1, -0.05) is 12.1 Å². The first kappa shape index (κ1) is 12.2. The molecule has 2 aliphatic carbocycles. The average Bonchev–Trinajstić information content (AvgIpc) is 2.94. The lowest BCUT2D eigenvalue weighted by atomic mass is 10.0. The standard InChI is InChI=1S/C17H21N3/c1-18-11-17(7-8-17)16-19-10-15(20-16)14-6-5-12-3-2-4-13(12)9-14/h5-6,9-10,18H,2-4,7-8,11H2,1H3,(H,19,20). The maximum atomic E-state index is 4.64. The van der Waals surface area contributed by atoms with Crippen LogP contribution in [0.2, 0.25) is 0 Å². The molecule has 0 spiro atoms. The minimum Gasteiger partial charge on any atom is -0.342 e. The number of imidazole rings is 1. The number of hydrogen-bond donors (Lipinski definition) is 2. The van der Waals surface area contributed by atoms with Crippen LogP contribution in [0, 0.1) is 0 Å². The number of aromatic amines is 1. The second-order valence-corrected chi connectivity index (χ2v) is 6.29. The van der Waals surface area contributed by atoms with E-state index >= 15 is 0 Å². The van der Waals surface area contributed by atoms with Crippen molar-refractivity contribution in [3.8, 4) is 11.3 Å². The molecule has 3 nitrogen and oxygen atoms in total. The molecule has 1 aromatic heterocycles. The Labute approximate surface area is 119 Å². The number of hydrogen-bond acceptors (Lipinski definition) is 2. The molecule has 0 bridgehead atoms. The van der Waals surface area contributed by atoms with Gasteiger partial charge in [0.05, 0.1) is 11.9 Å². The Morgan fingerprint density at radius 2 is 2.10 bits per heavy atom. The molecule has 0 radical (unpaired) electrons. The zero-order valence-electron chi connectivity index (χ0n) is 12.0. The van der Waals surface area contributed by atoms with E-state index in [1.165, 1.54) is 48.8 Å². The first-order chi connectivity index (χ1) is 9.81. The van der Waals surface area contributed by atoms with E-state index in [4.69, 9.17) is 0 Å². The molecule has 2 aliphatic rings. The van der Waals surface area contributed by atoms with E-state index in [0.717, 1.165) is 18.1 Å². The normalized spacial score (nSPS) is 19.1. The first-order valence-corrected chi connectivity index (χ1v) is 7.63. The van der Waals surface area contributed by atoms with E-state index in [1.807, 2.05) is 13.2 Å². The van der Waals surface area contributed by atoms with Crippen molar-refractivity contribution in [2.24, 2.45) is 0 Å². The lowest BCUT2D eigenvalue weighted by Crippen LogP contribution is -2.24. The van der Waals surface area contributed by atoms with Crippen LogP contribution in [0.4, 0.5) is 0 Å². The molecule has 0 atom stereocenters.